The molecule has 1 N–H and O–H groups in total. The third-order valence-electron chi connectivity index (χ3n) is 5.36. The quantitative estimate of drug-likeness (QED) is 0.519. The van der Waals surface area contributed by atoms with Crippen molar-refractivity contribution in [2.75, 3.05) is 0 Å². The Labute approximate surface area is 166 Å². The molecule has 0 amide bonds. The van der Waals surface area contributed by atoms with Gasteiger partial charge in [0.1, 0.15) is 0 Å². The summed E-state index contributed by atoms with van der Waals surface area (Å²) in [6, 6.07) is 0. The Morgan fingerprint density at radius 1 is 1.00 bits per heavy atom. The van der Waals surface area contributed by atoms with Gasteiger partial charge in [-0.3, -0.25) is 0 Å². The minimum absolute atomic E-state index is 0.411. The lowest BCUT2D eigenvalue weighted by molar-refractivity contribution is -0.132. The van der Waals surface area contributed by atoms with E-state index in [0.717, 1.165) is 44.9 Å². The van der Waals surface area contributed by atoms with Crippen molar-refractivity contribution >= 4 is 5.97 Å². The van der Waals surface area contributed by atoms with E-state index in [1.54, 1.807) is 0 Å². The van der Waals surface area contributed by atoms with E-state index in [4.69, 9.17) is 0 Å². The lowest BCUT2D eigenvalue weighted by Gasteiger charge is -2.18. The molecule has 0 fully saturated rings. The second kappa shape index (κ2) is 12.5. The summed E-state index contributed by atoms with van der Waals surface area (Å²) < 4.78 is 0. The summed E-state index contributed by atoms with van der Waals surface area (Å²) in [7, 11) is 0. The molecule has 1 aliphatic carbocycles. The maximum Gasteiger partial charge on any atom is 0.331 e. The second-order valence-corrected chi connectivity index (χ2v) is 8.15. The Morgan fingerprint density at radius 3 is 2.26 bits per heavy atom. The van der Waals surface area contributed by atoms with Gasteiger partial charge < -0.3 is 5.11 Å². The fraction of sp³-hybridized carbons (Fsp3) is 0.560. The molecule has 27 heavy (non-hydrogen) atoms. The Morgan fingerprint density at radius 2 is 1.63 bits per heavy atom. The third-order valence-corrected chi connectivity index (χ3v) is 5.36. The van der Waals surface area contributed by atoms with Crippen LogP contribution in [0.1, 0.15) is 86.0 Å². The molecule has 0 unspecified atom stereocenters. The minimum atomic E-state index is -0.769. The van der Waals surface area contributed by atoms with E-state index in [-0.39, 0.29) is 0 Å². The number of hydrogen-bond donors (Lipinski definition) is 1. The molecular weight excluding hydrogens is 332 g/mol. The number of rotatable bonds is 4. The summed E-state index contributed by atoms with van der Waals surface area (Å²) in [5.41, 5.74) is 6.08. The lowest BCUT2D eigenvalue weighted by Crippen LogP contribution is -2.06. The number of hydrogen-bond acceptors (Lipinski definition) is 1. The van der Waals surface area contributed by atoms with E-state index in [0.29, 0.717) is 17.9 Å². The molecule has 0 bridgehead atoms. The Bertz CT molecular complexity index is 637. The molecule has 0 aromatic heterocycles. The van der Waals surface area contributed by atoms with Gasteiger partial charge in [0.2, 0.25) is 0 Å². The van der Waals surface area contributed by atoms with Crippen molar-refractivity contribution in [3.63, 3.8) is 0 Å². The third kappa shape index (κ3) is 10.2. The molecule has 2 nitrogen and oxygen atoms in total. The molecule has 0 radical (unpaired) electrons. The van der Waals surface area contributed by atoms with Crippen molar-refractivity contribution in [1.29, 1.82) is 0 Å². The second-order valence-electron chi connectivity index (χ2n) is 8.15. The van der Waals surface area contributed by atoms with Crippen molar-refractivity contribution in [3.05, 3.63) is 58.2 Å². The predicted octanol–water partition coefficient (Wildman–Crippen LogP) is 7.55. The van der Waals surface area contributed by atoms with Crippen LogP contribution < -0.4 is 0 Å². The standard InChI is InChI=1S/C25H38O2/c1-19(2)9-6-13-22(5)23-16-15-21(4)11-7-10-20(3)12-8-14-24(18-17-23)25(26)27/h9,11-13,18,23H,6-8,10,14-17H2,1-5H3,(H,26,27)/b20-12+,21-11+,22-13+,24-18+/t23-/m1/s1. The number of aliphatic carboxylic acids is 1. The number of carboxylic acid groups (broad SMARTS) is 1. The largest absolute Gasteiger partial charge is 0.478 e. The van der Waals surface area contributed by atoms with Crippen LogP contribution in [-0.2, 0) is 4.79 Å². The van der Waals surface area contributed by atoms with Gasteiger partial charge in [0.25, 0.3) is 0 Å². The van der Waals surface area contributed by atoms with E-state index in [1.165, 1.54) is 22.3 Å². The van der Waals surface area contributed by atoms with Crippen LogP contribution >= 0.6 is 0 Å². The fourth-order valence-corrected chi connectivity index (χ4v) is 3.39. The molecule has 0 heterocycles. The maximum absolute atomic E-state index is 11.6. The Kier molecular flexibility index (Phi) is 10.8. The smallest absolute Gasteiger partial charge is 0.331 e. The van der Waals surface area contributed by atoms with Gasteiger partial charge in [-0.1, -0.05) is 52.7 Å². The van der Waals surface area contributed by atoms with E-state index >= 15 is 0 Å². The van der Waals surface area contributed by atoms with Gasteiger partial charge >= 0.3 is 5.97 Å². The van der Waals surface area contributed by atoms with Crippen LogP contribution in [0.5, 0.6) is 0 Å². The lowest BCUT2D eigenvalue weighted by atomic mass is 9.88. The zero-order valence-corrected chi connectivity index (χ0v) is 18.0. The van der Waals surface area contributed by atoms with Gasteiger partial charge in [-0.25, -0.2) is 4.79 Å². The minimum Gasteiger partial charge on any atom is -0.478 e. The number of carbonyl (C=O) groups is 1. The molecule has 0 aliphatic heterocycles. The van der Waals surface area contributed by atoms with Crippen molar-refractivity contribution < 1.29 is 9.90 Å². The van der Waals surface area contributed by atoms with Gasteiger partial charge in [-0.05, 0) is 91.9 Å². The zero-order chi connectivity index (χ0) is 20.2. The van der Waals surface area contributed by atoms with Crippen LogP contribution in [0.3, 0.4) is 0 Å². The average molecular weight is 371 g/mol. The highest BCUT2D eigenvalue weighted by Crippen LogP contribution is 2.26. The number of allylic oxidation sites excluding steroid dienone is 9. The van der Waals surface area contributed by atoms with Crippen LogP contribution in [0.2, 0.25) is 0 Å². The first-order chi connectivity index (χ1) is 12.8. The van der Waals surface area contributed by atoms with Crippen LogP contribution in [0.25, 0.3) is 0 Å². The van der Waals surface area contributed by atoms with Gasteiger partial charge in [-0.2, -0.15) is 0 Å². The highest BCUT2D eigenvalue weighted by atomic mass is 16.4. The van der Waals surface area contributed by atoms with Crippen LogP contribution in [0.15, 0.2) is 58.2 Å². The van der Waals surface area contributed by atoms with Gasteiger partial charge in [0, 0.05) is 5.57 Å². The van der Waals surface area contributed by atoms with E-state index in [9.17, 15) is 9.90 Å². The number of carboxylic acids is 1. The normalized spacial score (nSPS) is 26.5. The highest BCUT2D eigenvalue weighted by molar-refractivity contribution is 5.86. The summed E-state index contributed by atoms with van der Waals surface area (Å²) in [6.07, 6.45) is 18.6. The molecule has 2 heteroatoms. The topological polar surface area (TPSA) is 37.3 Å². The molecule has 150 valence electrons. The Balaban J connectivity index is 3.02. The molecular formula is C25H38O2. The summed E-state index contributed by atoms with van der Waals surface area (Å²) in [4.78, 5) is 11.6. The molecule has 0 spiro atoms. The van der Waals surface area contributed by atoms with Crippen LogP contribution in [0.4, 0.5) is 0 Å². The molecule has 0 aromatic rings. The van der Waals surface area contributed by atoms with Crippen molar-refractivity contribution in [1.82, 2.24) is 0 Å². The average Bonchev–Trinajstić information content (AvgIpc) is 2.58. The monoisotopic (exact) mass is 370 g/mol. The van der Waals surface area contributed by atoms with Gasteiger partial charge in [0.15, 0.2) is 0 Å². The summed E-state index contributed by atoms with van der Waals surface area (Å²) in [5.74, 6) is -0.359. The summed E-state index contributed by atoms with van der Waals surface area (Å²) in [5, 5.41) is 9.56. The molecule has 1 rings (SSSR count). The first-order valence-electron chi connectivity index (χ1n) is 10.3. The molecule has 1 aliphatic rings. The van der Waals surface area contributed by atoms with E-state index in [1.807, 2.05) is 6.08 Å². The van der Waals surface area contributed by atoms with Crippen LogP contribution in [-0.4, -0.2) is 11.1 Å². The molecule has 0 aromatic carbocycles. The molecule has 1 atom stereocenters. The molecule has 0 saturated carbocycles. The first-order valence-corrected chi connectivity index (χ1v) is 10.3. The van der Waals surface area contributed by atoms with Crippen LogP contribution in [0, 0.1) is 5.92 Å². The van der Waals surface area contributed by atoms with Crippen molar-refractivity contribution in [2.45, 2.75) is 86.0 Å². The summed E-state index contributed by atoms with van der Waals surface area (Å²) >= 11 is 0. The van der Waals surface area contributed by atoms with Crippen molar-refractivity contribution in [3.8, 4) is 0 Å². The Hall–Kier alpha value is -1.83. The SMILES string of the molecule is CC(C)=CC/C=C(\C)[C@H]1C/C=C(/C(=O)O)CC/C=C(\C)CC/C=C(\C)CC1. The zero-order valence-electron chi connectivity index (χ0n) is 18.0. The van der Waals surface area contributed by atoms with Gasteiger partial charge in [0.05, 0.1) is 0 Å². The van der Waals surface area contributed by atoms with E-state index in [2.05, 4.69) is 58.9 Å². The fourth-order valence-electron chi connectivity index (χ4n) is 3.39. The van der Waals surface area contributed by atoms with Gasteiger partial charge in [-0.15, -0.1) is 0 Å². The highest BCUT2D eigenvalue weighted by Gasteiger charge is 2.13. The predicted molar refractivity (Wildman–Crippen MR) is 117 cm³/mol. The van der Waals surface area contributed by atoms with Crippen molar-refractivity contribution in [2.24, 2.45) is 5.92 Å². The maximum atomic E-state index is 11.6. The summed E-state index contributed by atoms with van der Waals surface area (Å²) in [6.45, 7) is 10.8. The first kappa shape index (κ1) is 23.2. The molecule has 0 saturated heterocycles. The van der Waals surface area contributed by atoms with E-state index < -0.39 is 5.97 Å².